The van der Waals surface area contributed by atoms with E-state index in [4.69, 9.17) is 10.8 Å². The lowest BCUT2D eigenvalue weighted by Gasteiger charge is -1.98. The van der Waals surface area contributed by atoms with Gasteiger partial charge in [0.05, 0.1) is 10.0 Å². The molecule has 0 unspecified atom stereocenters. The summed E-state index contributed by atoms with van der Waals surface area (Å²) in [7, 11) is 0. The van der Waals surface area contributed by atoms with Crippen LogP contribution in [-0.4, -0.2) is 25.7 Å². The number of hydrogen-bond acceptors (Lipinski definition) is 4. The van der Waals surface area contributed by atoms with E-state index >= 15 is 0 Å². The number of aromatic carboxylic acids is 1. The molecular formula is C7H5BrN4O2. The molecule has 0 bridgehead atoms. The fourth-order valence-corrected chi connectivity index (χ4v) is 1.56. The van der Waals surface area contributed by atoms with Crippen LogP contribution < -0.4 is 5.73 Å². The minimum absolute atomic E-state index is 0.111. The summed E-state index contributed by atoms with van der Waals surface area (Å²) < 4.78 is 1.84. The Morgan fingerprint density at radius 1 is 1.64 bits per heavy atom. The molecule has 0 saturated carbocycles. The number of carboxylic acids is 1. The number of aromatic nitrogens is 3. The van der Waals surface area contributed by atoms with Gasteiger partial charge in [-0.25, -0.2) is 9.31 Å². The van der Waals surface area contributed by atoms with Crippen LogP contribution in [0, 0.1) is 0 Å². The van der Waals surface area contributed by atoms with Gasteiger partial charge in [-0.2, -0.15) is 4.98 Å². The number of nitrogen functional groups attached to an aromatic ring is 1. The quantitative estimate of drug-likeness (QED) is 0.786. The van der Waals surface area contributed by atoms with Gasteiger partial charge in [0.25, 0.3) is 0 Å². The summed E-state index contributed by atoms with van der Waals surface area (Å²) in [6, 6.07) is 1.40. The van der Waals surface area contributed by atoms with Gasteiger partial charge in [0.15, 0.2) is 5.65 Å². The van der Waals surface area contributed by atoms with Gasteiger partial charge in [0.1, 0.15) is 0 Å². The van der Waals surface area contributed by atoms with Crippen LogP contribution in [0.15, 0.2) is 16.7 Å². The summed E-state index contributed by atoms with van der Waals surface area (Å²) in [6.07, 6.45) is 1.50. The van der Waals surface area contributed by atoms with Gasteiger partial charge in [-0.15, -0.1) is 5.10 Å². The van der Waals surface area contributed by atoms with E-state index in [-0.39, 0.29) is 11.5 Å². The Bertz CT molecular complexity index is 522. The summed E-state index contributed by atoms with van der Waals surface area (Å²) in [5.74, 6) is -0.916. The summed E-state index contributed by atoms with van der Waals surface area (Å²) in [5.41, 5.74) is 5.90. The first-order valence-electron chi connectivity index (χ1n) is 3.62. The molecule has 72 valence electrons. The minimum Gasteiger partial charge on any atom is -0.478 e. The largest absolute Gasteiger partial charge is 0.478 e. The van der Waals surface area contributed by atoms with Crippen LogP contribution in [0.4, 0.5) is 5.95 Å². The number of nitrogens with zero attached hydrogens (tertiary/aromatic N) is 3. The Morgan fingerprint density at radius 3 is 3.00 bits per heavy atom. The monoisotopic (exact) mass is 256 g/mol. The fourth-order valence-electron chi connectivity index (χ4n) is 1.08. The Labute approximate surface area is 86.5 Å². The number of fused-ring (bicyclic) bond motifs is 1. The second-order valence-electron chi connectivity index (χ2n) is 2.61. The molecule has 0 saturated heterocycles. The van der Waals surface area contributed by atoms with Crippen molar-refractivity contribution in [2.75, 3.05) is 5.73 Å². The van der Waals surface area contributed by atoms with Gasteiger partial charge in [-0.1, -0.05) is 0 Å². The number of pyridine rings is 1. The lowest BCUT2D eigenvalue weighted by molar-refractivity contribution is 0.0696. The maximum absolute atomic E-state index is 10.8. The maximum Gasteiger partial charge on any atom is 0.337 e. The molecular weight excluding hydrogens is 252 g/mol. The van der Waals surface area contributed by atoms with E-state index in [9.17, 15) is 4.79 Å². The normalized spacial score (nSPS) is 10.6. The zero-order valence-corrected chi connectivity index (χ0v) is 8.39. The van der Waals surface area contributed by atoms with Gasteiger partial charge < -0.3 is 10.8 Å². The summed E-state index contributed by atoms with van der Waals surface area (Å²) in [5, 5.41) is 12.6. The number of rotatable bonds is 1. The summed E-state index contributed by atoms with van der Waals surface area (Å²) >= 11 is 3.12. The highest BCUT2D eigenvalue weighted by atomic mass is 79.9. The van der Waals surface area contributed by atoms with Crippen LogP contribution >= 0.6 is 15.9 Å². The van der Waals surface area contributed by atoms with E-state index in [0.717, 1.165) is 0 Å². The SMILES string of the molecule is Nc1nc2cc(C(=O)O)c(Br)cn2n1. The van der Waals surface area contributed by atoms with Crippen LogP contribution in [0.5, 0.6) is 0 Å². The second-order valence-corrected chi connectivity index (χ2v) is 3.47. The minimum atomic E-state index is -1.03. The number of hydrogen-bond donors (Lipinski definition) is 2. The Balaban J connectivity index is 2.76. The predicted octanol–water partition coefficient (Wildman–Crippen LogP) is 0.772. The van der Waals surface area contributed by atoms with Crippen molar-refractivity contribution in [2.24, 2.45) is 0 Å². The van der Waals surface area contributed by atoms with Crippen molar-refractivity contribution in [2.45, 2.75) is 0 Å². The Morgan fingerprint density at radius 2 is 2.36 bits per heavy atom. The molecule has 14 heavy (non-hydrogen) atoms. The molecule has 2 rings (SSSR count). The molecule has 0 aromatic carbocycles. The van der Waals surface area contributed by atoms with Gasteiger partial charge in [0, 0.05) is 6.20 Å². The average Bonchev–Trinajstić information content (AvgIpc) is 2.42. The highest BCUT2D eigenvalue weighted by Gasteiger charge is 2.11. The Kier molecular flexibility index (Phi) is 1.88. The van der Waals surface area contributed by atoms with Gasteiger partial charge in [-0.3, -0.25) is 0 Å². The molecule has 0 aliphatic rings. The Hall–Kier alpha value is -1.63. The van der Waals surface area contributed by atoms with E-state index in [1.165, 1.54) is 16.8 Å². The lowest BCUT2D eigenvalue weighted by atomic mass is 10.3. The molecule has 0 spiro atoms. The highest BCUT2D eigenvalue weighted by molar-refractivity contribution is 9.10. The molecule has 2 aromatic heterocycles. The van der Waals surface area contributed by atoms with E-state index in [1.54, 1.807) is 0 Å². The molecule has 0 atom stereocenters. The smallest absolute Gasteiger partial charge is 0.337 e. The molecule has 6 nitrogen and oxygen atoms in total. The van der Waals surface area contributed by atoms with Crippen molar-refractivity contribution in [1.82, 2.24) is 14.6 Å². The van der Waals surface area contributed by atoms with Crippen molar-refractivity contribution in [3.8, 4) is 0 Å². The van der Waals surface area contributed by atoms with Crippen molar-refractivity contribution >= 4 is 33.5 Å². The summed E-state index contributed by atoms with van der Waals surface area (Å²) in [6.45, 7) is 0. The molecule has 3 N–H and O–H groups in total. The van der Waals surface area contributed by atoms with Crippen LogP contribution in [0.3, 0.4) is 0 Å². The second kappa shape index (κ2) is 2.95. The first-order chi connectivity index (χ1) is 6.58. The van der Waals surface area contributed by atoms with E-state index in [0.29, 0.717) is 10.1 Å². The van der Waals surface area contributed by atoms with E-state index in [1.807, 2.05) is 0 Å². The lowest BCUT2D eigenvalue weighted by Crippen LogP contribution is -2.00. The third kappa shape index (κ3) is 1.31. The molecule has 0 aliphatic heterocycles. The third-order valence-electron chi connectivity index (χ3n) is 1.67. The topological polar surface area (TPSA) is 93.5 Å². The van der Waals surface area contributed by atoms with Crippen LogP contribution in [0.1, 0.15) is 10.4 Å². The van der Waals surface area contributed by atoms with Gasteiger partial charge in [-0.05, 0) is 22.0 Å². The molecule has 0 aliphatic carbocycles. The molecule has 7 heteroatoms. The van der Waals surface area contributed by atoms with Gasteiger partial charge in [0.2, 0.25) is 5.95 Å². The number of halogens is 1. The molecule has 2 aromatic rings. The summed E-state index contributed by atoms with van der Waals surface area (Å²) in [4.78, 5) is 14.6. The third-order valence-corrected chi connectivity index (χ3v) is 2.30. The number of carbonyl (C=O) groups is 1. The highest BCUT2D eigenvalue weighted by Crippen LogP contribution is 2.18. The standard InChI is InChI=1S/C7H5BrN4O2/c8-4-2-12-5(10-7(9)11-12)1-3(4)6(13)14/h1-2H,(H2,9,11)(H,13,14). The van der Waals surface area contributed by atoms with Crippen molar-refractivity contribution < 1.29 is 9.90 Å². The van der Waals surface area contributed by atoms with Gasteiger partial charge >= 0.3 is 5.97 Å². The maximum atomic E-state index is 10.8. The molecule has 0 amide bonds. The first-order valence-corrected chi connectivity index (χ1v) is 4.42. The van der Waals surface area contributed by atoms with Crippen LogP contribution in [0.25, 0.3) is 5.65 Å². The van der Waals surface area contributed by atoms with Crippen molar-refractivity contribution in [1.29, 1.82) is 0 Å². The fraction of sp³-hybridized carbons (Fsp3) is 0. The first kappa shape index (κ1) is 8.95. The zero-order valence-electron chi connectivity index (χ0n) is 6.81. The molecule has 2 heterocycles. The van der Waals surface area contributed by atoms with E-state index in [2.05, 4.69) is 26.0 Å². The van der Waals surface area contributed by atoms with E-state index < -0.39 is 5.97 Å². The molecule has 0 fully saturated rings. The number of anilines is 1. The number of carboxylic acid groups (broad SMARTS) is 1. The van der Waals surface area contributed by atoms with Crippen molar-refractivity contribution in [3.05, 3.63) is 22.3 Å². The van der Waals surface area contributed by atoms with Crippen LogP contribution in [-0.2, 0) is 0 Å². The van der Waals surface area contributed by atoms with Crippen LogP contribution in [0.2, 0.25) is 0 Å². The average molecular weight is 257 g/mol. The number of nitrogens with two attached hydrogens (primary N) is 1. The molecule has 0 radical (unpaired) electrons. The zero-order chi connectivity index (χ0) is 10.3. The van der Waals surface area contributed by atoms with Crippen molar-refractivity contribution in [3.63, 3.8) is 0 Å². The predicted molar refractivity (Wildman–Crippen MR) is 52.1 cm³/mol.